The molecule has 3 aliphatic rings. The van der Waals surface area contributed by atoms with Crippen molar-refractivity contribution >= 4 is 17.3 Å². The van der Waals surface area contributed by atoms with E-state index in [1.807, 2.05) is 0 Å². The molecule has 0 aromatic heterocycles. The number of allylic oxidation sites excluding steroid dienone is 4. The maximum Gasteiger partial charge on any atom is 0.336 e. The van der Waals surface area contributed by atoms with Gasteiger partial charge in [0.1, 0.15) is 17.6 Å². The van der Waals surface area contributed by atoms with E-state index in [4.69, 9.17) is 4.74 Å². The highest BCUT2D eigenvalue weighted by Gasteiger charge is 2.36. The molecule has 25 heavy (non-hydrogen) atoms. The van der Waals surface area contributed by atoms with Gasteiger partial charge in [0.2, 0.25) is 0 Å². The second-order valence-electron chi connectivity index (χ2n) is 5.97. The number of carbonyl (C=O) groups excluding carboxylic acids is 1. The number of hydrogen-bond donors (Lipinski definition) is 2. The van der Waals surface area contributed by atoms with Crippen molar-refractivity contribution in [2.75, 3.05) is 0 Å². The highest BCUT2D eigenvalue weighted by molar-refractivity contribution is 6.03. The first kappa shape index (κ1) is 15.2. The summed E-state index contributed by atoms with van der Waals surface area (Å²) in [5.74, 6) is -1.03. The molecule has 0 bridgehead atoms. The maximum absolute atomic E-state index is 11.7. The minimum atomic E-state index is -1.02. The molecule has 1 aromatic rings. The van der Waals surface area contributed by atoms with Crippen LogP contribution in [0.4, 0.5) is 0 Å². The number of benzene rings is 1. The predicted molar refractivity (Wildman–Crippen MR) is 90.8 cm³/mol. The molecule has 0 radical (unpaired) electrons. The second kappa shape index (κ2) is 5.63. The quantitative estimate of drug-likeness (QED) is 0.868. The van der Waals surface area contributed by atoms with Gasteiger partial charge < -0.3 is 14.9 Å². The molecule has 0 amide bonds. The van der Waals surface area contributed by atoms with Gasteiger partial charge in [0.25, 0.3) is 0 Å². The Morgan fingerprint density at radius 1 is 1.12 bits per heavy atom. The van der Waals surface area contributed by atoms with Crippen LogP contribution in [-0.2, 0) is 9.53 Å². The third-order valence-electron chi connectivity index (χ3n) is 4.44. The molecule has 1 aliphatic heterocycles. The summed E-state index contributed by atoms with van der Waals surface area (Å²) in [7, 11) is 0. The summed E-state index contributed by atoms with van der Waals surface area (Å²) in [6.07, 6.45) is 8.85. The number of ketones is 1. The molecule has 5 nitrogen and oxygen atoms in total. The number of rotatable bonds is 2. The zero-order valence-electron chi connectivity index (χ0n) is 13.0. The predicted octanol–water partition coefficient (Wildman–Crippen LogP) is 3.19. The monoisotopic (exact) mass is 334 g/mol. The fourth-order valence-corrected chi connectivity index (χ4v) is 3.37. The highest BCUT2D eigenvalue weighted by atomic mass is 16.5. The Morgan fingerprint density at radius 2 is 1.92 bits per heavy atom. The summed E-state index contributed by atoms with van der Waals surface area (Å²) >= 11 is 0. The van der Waals surface area contributed by atoms with Crippen LogP contribution in [0.1, 0.15) is 15.9 Å². The van der Waals surface area contributed by atoms with Crippen molar-refractivity contribution in [1.82, 2.24) is 0 Å². The van der Waals surface area contributed by atoms with E-state index < -0.39 is 12.1 Å². The first-order chi connectivity index (χ1) is 12.0. The molecular formula is C20H14O5. The van der Waals surface area contributed by atoms with Crippen LogP contribution in [-0.4, -0.2) is 28.1 Å². The number of aliphatic hydroxyl groups is 1. The summed E-state index contributed by atoms with van der Waals surface area (Å²) in [4.78, 5) is 23.4. The molecular weight excluding hydrogens is 320 g/mol. The summed E-state index contributed by atoms with van der Waals surface area (Å²) in [6, 6.07) is 6.76. The Labute approximate surface area is 143 Å². The molecule has 1 aromatic carbocycles. The van der Waals surface area contributed by atoms with Crippen molar-refractivity contribution in [3.63, 3.8) is 0 Å². The number of aromatic carboxylic acids is 1. The molecule has 2 aliphatic carbocycles. The van der Waals surface area contributed by atoms with E-state index in [-0.39, 0.29) is 23.0 Å². The molecule has 0 saturated heterocycles. The lowest BCUT2D eigenvalue weighted by Crippen LogP contribution is -2.29. The van der Waals surface area contributed by atoms with Crippen LogP contribution < -0.4 is 0 Å². The molecule has 1 heterocycles. The summed E-state index contributed by atoms with van der Waals surface area (Å²) in [5.41, 5.74) is 2.30. The molecule has 0 saturated carbocycles. The van der Waals surface area contributed by atoms with Crippen LogP contribution in [0.2, 0.25) is 0 Å². The van der Waals surface area contributed by atoms with E-state index in [0.717, 1.165) is 11.1 Å². The number of fused-ring (bicyclic) bond motifs is 2. The van der Waals surface area contributed by atoms with E-state index in [0.29, 0.717) is 11.3 Å². The summed E-state index contributed by atoms with van der Waals surface area (Å²) in [6.45, 7) is 0. The largest absolute Gasteiger partial charge is 0.508 e. The lowest BCUT2D eigenvalue weighted by Gasteiger charge is -2.36. The van der Waals surface area contributed by atoms with Crippen molar-refractivity contribution in [3.8, 4) is 0 Å². The standard InChI is InChI=1S/C20H14O5/c21-11-5-7-15-17(9-11)25-18-10-12(22)6-8-16(18)19(15)13-3-1-2-4-14(13)20(23)24/h1-10,15,18,22H,(H,23,24). The van der Waals surface area contributed by atoms with Crippen LogP contribution in [0.25, 0.3) is 5.57 Å². The first-order valence-electron chi connectivity index (χ1n) is 7.80. The average molecular weight is 334 g/mol. The van der Waals surface area contributed by atoms with Gasteiger partial charge in [-0.1, -0.05) is 30.4 Å². The van der Waals surface area contributed by atoms with Crippen LogP contribution >= 0.6 is 0 Å². The van der Waals surface area contributed by atoms with E-state index in [1.165, 1.54) is 12.2 Å². The van der Waals surface area contributed by atoms with Crippen molar-refractivity contribution < 1.29 is 24.5 Å². The Bertz CT molecular complexity index is 943. The van der Waals surface area contributed by atoms with Gasteiger partial charge in [-0.25, -0.2) is 4.79 Å². The van der Waals surface area contributed by atoms with Gasteiger partial charge in [0.05, 0.1) is 11.5 Å². The maximum atomic E-state index is 11.7. The molecule has 2 atom stereocenters. The van der Waals surface area contributed by atoms with E-state index >= 15 is 0 Å². The molecule has 0 fully saturated rings. The van der Waals surface area contributed by atoms with Gasteiger partial charge >= 0.3 is 5.97 Å². The number of carboxylic acid groups (broad SMARTS) is 1. The lowest BCUT2D eigenvalue weighted by atomic mass is 9.78. The summed E-state index contributed by atoms with van der Waals surface area (Å²) < 4.78 is 5.88. The van der Waals surface area contributed by atoms with Crippen molar-refractivity contribution in [3.05, 3.63) is 88.9 Å². The molecule has 5 heteroatoms. The highest BCUT2D eigenvalue weighted by Crippen LogP contribution is 2.44. The second-order valence-corrected chi connectivity index (χ2v) is 5.97. The van der Waals surface area contributed by atoms with E-state index in [2.05, 4.69) is 0 Å². The fourth-order valence-electron chi connectivity index (χ4n) is 3.37. The van der Waals surface area contributed by atoms with Gasteiger partial charge in [0, 0.05) is 17.7 Å². The number of carboxylic acids is 1. The van der Waals surface area contributed by atoms with Gasteiger partial charge in [-0.05, 0) is 29.4 Å². The van der Waals surface area contributed by atoms with Crippen LogP contribution in [0.3, 0.4) is 0 Å². The third-order valence-corrected chi connectivity index (χ3v) is 4.44. The third kappa shape index (κ3) is 2.50. The smallest absolute Gasteiger partial charge is 0.336 e. The Kier molecular flexibility index (Phi) is 3.42. The molecule has 4 rings (SSSR count). The van der Waals surface area contributed by atoms with Gasteiger partial charge in [0.15, 0.2) is 5.78 Å². The Hall–Kier alpha value is -3.34. The van der Waals surface area contributed by atoms with E-state index in [9.17, 15) is 19.8 Å². The van der Waals surface area contributed by atoms with Crippen LogP contribution in [0.15, 0.2) is 77.8 Å². The minimum absolute atomic E-state index is 0.0661. The normalized spacial score (nSPS) is 24.1. The minimum Gasteiger partial charge on any atom is -0.508 e. The first-order valence-corrected chi connectivity index (χ1v) is 7.80. The summed E-state index contributed by atoms with van der Waals surface area (Å²) in [5, 5.41) is 19.3. The average Bonchev–Trinajstić information content (AvgIpc) is 2.59. The van der Waals surface area contributed by atoms with Crippen LogP contribution in [0, 0.1) is 5.92 Å². The molecule has 2 N–H and O–H groups in total. The van der Waals surface area contributed by atoms with Crippen molar-refractivity contribution in [2.24, 2.45) is 5.92 Å². The zero-order valence-corrected chi connectivity index (χ0v) is 13.0. The Balaban J connectivity index is 1.98. The van der Waals surface area contributed by atoms with Gasteiger partial charge in [-0.15, -0.1) is 0 Å². The zero-order chi connectivity index (χ0) is 17.6. The SMILES string of the molecule is O=C1C=CC2C(=C1)OC1C=C(O)C=CC1=C2c1ccccc1C(=O)O. The number of ether oxygens (including phenoxy) is 1. The van der Waals surface area contributed by atoms with Crippen LogP contribution in [0.5, 0.6) is 0 Å². The molecule has 2 unspecified atom stereocenters. The molecule has 0 spiro atoms. The number of aliphatic hydroxyl groups excluding tert-OH is 1. The topological polar surface area (TPSA) is 83.8 Å². The fraction of sp³-hybridized carbons (Fsp3) is 0.100. The van der Waals surface area contributed by atoms with Crippen molar-refractivity contribution in [2.45, 2.75) is 6.10 Å². The van der Waals surface area contributed by atoms with Crippen molar-refractivity contribution in [1.29, 1.82) is 0 Å². The molecule has 124 valence electrons. The Morgan fingerprint density at radius 3 is 2.72 bits per heavy atom. The van der Waals surface area contributed by atoms with Gasteiger partial charge in [-0.2, -0.15) is 0 Å². The van der Waals surface area contributed by atoms with Gasteiger partial charge in [-0.3, -0.25) is 4.79 Å². The lowest BCUT2D eigenvalue weighted by molar-refractivity contribution is -0.110. The number of hydrogen-bond acceptors (Lipinski definition) is 4. The number of carbonyl (C=O) groups is 2. The van der Waals surface area contributed by atoms with E-state index in [1.54, 1.807) is 48.6 Å².